The third kappa shape index (κ3) is 3.51. The number of carbonyl (C=O) groups is 1. The summed E-state index contributed by atoms with van der Waals surface area (Å²) in [5.74, 6) is 0.671. The van der Waals surface area contributed by atoms with Gasteiger partial charge in [0.05, 0.1) is 5.56 Å². The highest BCUT2D eigenvalue weighted by Crippen LogP contribution is 2.21. The Bertz CT molecular complexity index is 477. The molecule has 0 spiro atoms. The molecule has 1 aromatic rings. The van der Waals surface area contributed by atoms with Gasteiger partial charge in [-0.05, 0) is 30.5 Å². The Balaban J connectivity index is 1.98. The molecule has 2 rings (SSSR count). The van der Waals surface area contributed by atoms with Gasteiger partial charge in [0.2, 0.25) is 0 Å². The number of rotatable bonds is 3. The second kappa shape index (κ2) is 6.27. The van der Waals surface area contributed by atoms with Crippen molar-refractivity contribution in [3.8, 4) is 5.75 Å². The molecule has 0 bridgehead atoms. The number of benzene rings is 1. The minimum absolute atomic E-state index is 0.0632. The minimum Gasteiger partial charge on any atom is -0.507 e. The standard InChI is InChI=1S/C16H24N2O2/c1-12(2)11-17-6-8-18(9-7-17)16(20)14-5-4-13(3)10-15(14)19/h4-5,10,12,19H,6-9,11H2,1-3H3. The number of piperazine rings is 1. The number of aryl methyl sites for hydroxylation is 1. The van der Waals surface area contributed by atoms with E-state index in [1.807, 2.05) is 17.9 Å². The van der Waals surface area contributed by atoms with Crippen LogP contribution in [-0.2, 0) is 0 Å². The van der Waals surface area contributed by atoms with Crippen LogP contribution in [0.4, 0.5) is 0 Å². The molecule has 1 aliphatic heterocycles. The lowest BCUT2D eigenvalue weighted by Crippen LogP contribution is -2.49. The fourth-order valence-electron chi connectivity index (χ4n) is 2.64. The zero-order chi connectivity index (χ0) is 14.7. The van der Waals surface area contributed by atoms with Gasteiger partial charge in [0.1, 0.15) is 5.75 Å². The number of amides is 1. The summed E-state index contributed by atoms with van der Waals surface area (Å²) in [6, 6.07) is 5.22. The second-order valence-corrected chi connectivity index (χ2v) is 6.01. The molecule has 1 amide bonds. The molecule has 1 saturated heterocycles. The Kier molecular flexibility index (Phi) is 4.65. The molecule has 1 fully saturated rings. The lowest BCUT2D eigenvalue weighted by Gasteiger charge is -2.35. The SMILES string of the molecule is Cc1ccc(C(=O)N2CCN(CC(C)C)CC2)c(O)c1. The summed E-state index contributed by atoms with van der Waals surface area (Å²) in [6.07, 6.45) is 0. The Morgan fingerprint density at radius 3 is 2.45 bits per heavy atom. The van der Waals surface area contributed by atoms with Gasteiger partial charge in [0.15, 0.2) is 0 Å². The van der Waals surface area contributed by atoms with E-state index in [0.717, 1.165) is 38.3 Å². The number of nitrogens with zero attached hydrogens (tertiary/aromatic N) is 2. The number of carbonyl (C=O) groups excluding carboxylic acids is 1. The Morgan fingerprint density at radius 1 is 1.25 bits per heavy atom. The van der Waals surface area contributed by atoms with Gasteiger partial charge in [-0.3, -0.25) is 9.69 Å². The van der Waals surface area contributed by atoms with E-state index in [1.54, 1.807) is 12.1 Å². The average Bonchev–Trinajstić information content (AvgIpc) is 2.38. The minimum atomic E-state index is -0.0632. The highest BCUT2D eigenvalue weighted by atomic mass is 16.3. The van der Waals surface area contributed by atoms with E-state index in [9.17, 15) is 9.90 Å². The van der Waals surface area contributed by atoms with Crippen LogP contribution in [0.15, 0.2) is 18.2 Å². The van der Waals surface area contributed by atoms with Gasteiger partial charge in [-0.15, -0.1) is 0 Å². The van der Waals surface area contributed by atoms with Crippen molar-refractivity contribution in [2.75, 3.05) is 32.7 Å². The summed E-state index contributed by atoms with van der Waals surface area (Å²) >= 11 is 0. The molecular weight excluding hydrogens is 252 g/mol. The Hall–Kier alpha value is -1.55. The van der Waals surface area contributed by atoms with E-state index < -0.39 is 0 Å². The zero-order valence-electron chi connectivity index (χ0n) is 12.6. The normalized spacial score (nSPS) is 16.7. The van der Waals surface area contributed by atoms with E-state index in [-0.39, 0.29) is 11.7 Å². The van der Waals surface area contributed by atoms with Crippen LogP contribution in [-0.4, -0.2) is 53.5 Å². The van der Waals surface area contributed by atoms with E-state index in [4.69, 9.17) is 0 Å². The summed E-state index contributed by atoms with van der Waals surface area (Å²) in [7, 11) is 0. The van der Waals surface area contributed by atoms with E-state index in [0.29, 0.717) is 11.5 Å². The second-order valence-electron chi connectivity index (χ2n) is 6.01. The highest BCUT2D eigenvalue weighted by molar-refractivity contribution is 5.97. The molecule has 1 aromatic carbocycles. The fraction of sp³-hybridized carbons (Fsp3) is 0.562. The van der Waals surface area contributed by atoms with Crippen molar-refractivity contribution in [1.29, 1.82) is 0 Å². The summed E-state index contributed by atoms with van der Waals surface area (Å²) in [4.78, 5) is 16.6. The molecule has 0 atom stereocenters. The molecule has 1 aliphatic rings. The molecular formula is C16H24N2O2. The average molecular weight is 276 g/mol. The number of phenolic OH excluding ortho intramolecular Hbond substituents is 1. The first kappa shape index (κ1) is 14.9. The molecule has 1 heterocycles. The van der Waals surface area contributed by atoms with Gasteiger partial charge in [-0.25, -0.2) is 0 Å². The van der Waals surface area contributed by atoms with Crippen LogP contribution in [0.5, 0.6) is 5.75 Å². The van der Waals surface area contributed by atoms with E-state index >= 15 is 0 Å². The first-order valence-electron chi connectivity index (χ1n) is 7.28. The van der Waals surface area contributed by atoms with Crippen LogP contribution in [0.1, 0.15) is 29.8 Å². The van der Waals surface area contributed by atoms with Crippen molar-refractivity contribution in [3.05, 3.63) is 29.3 Å². The first-order chi connectivity index (χ1) is 9.47. The molecule has 20 heavy (non-hydrogen) atoms. The lowest BCUT2D eigenvalue weighted by molar-refractivity contribution is 0.0621. The topological polar surface area (TPSA) is 43.8 Å². The molecule has 4 heteroatoms. The molecule has 0 radical (unpaired) electrons. The molecule has 1 N–H and O–H groups in total. The summed E-state index contributed by atoms with van der Waals surface area (Å²) < 4.78 is 0. The van der Waals surface area contributed by atoms with Crippen LogP contribution < -0.4 is 0 Å². The molecule has 0 unspecified atom stereocenters. The van der Waals surface area contributed by atoms with E-state index in [2.05, 4.69) is 18.7 Å². The monoisotopic (exact) mass is 276 g/mol. The fourth-order valence-corrected chi connectivity index (χ4v) is 2.64. The highest BCUT2D eigenvalue weighted by Gasteiger charge is 2.23. The van der Waals surface area contributed by atoms with Crippen molar-refractivity contribution >= 4 is 5.91 Å². The smallest absolute Gasteiger partial charge is 0.257 e. The maximum Gasteiger partial charge on any atom is 0.257 e. The maximum absolute atomic E-state index is 12.4. The van der Waals surface area contributed by atoms with Crippen LogP contribution >= 0.6 is 0 Å². The van der Waals surface area contributed by atoms with Gasteiger partial charge in [0, 0.05) is 32.7 Å². The summed E-state index contributed by atoms with van der Waals surface area (Å²) in [5, 5.41) is 9.91. The van der Waals surface area contributed by atoms with Crippen LogP contribution in [0.25, 0.3) is 0 Å². The van der Waals surface area contributed by atoms with Crippen LogP contribution in [0.3, 0.4) is 0 Å². The number of phenols is 1. The Morgan fingerprint density at radius 2 is 1.90 bits per heavy atom. The van der Waals surface area contributed by atoms with E-state index in [1.165, 1.54) is 0 Å². The van der Waals surface area contributed by atoms with Crippen molar-refractivity contribution in [3.63, 3.8) is 0 Å². The molecule has 110 valence electrons. The van der Waals surface area contributed by atoms with Gasteiger partial charge in [0.25, 0.3) is 5.91 Å². The van der Waals surface area contributed by atoms with Gasteiger partial charge < -0.3 is 10.0 Å². The molecule has 4 nitrogen and oxygen atoms in total. The predicted molar refractivity (Wildman–Crippen MR) is 80.0 cm³/mol. The largest absolute Gasteiger partial charge is 0.507 e. The molecule has 0 aromatic heterocycles. The number of hydrogen-bond acceptors (Lipinski definition) is 3. The maximum atomic E-state index is 12.4. The lowest BCUT2D eigenvalue weighted by atomic mass is 10.1. The third-order valence-corrected chi connectivity index (χ3v) is 3.67. The predicted octanol–water partition coefficient (Wildman–Crippen LogP) is 2.11. The molecule has 0 aliphatic carbocycles. The van der Waals surface area contributed by atoms with Crippen molar-refractivity contribution < 1.29 is 9.90 Å². The Labute approximate surface area is 121 Å². The van der Waals surface area contributed by atoms with Crippen LogP contribution in [0, 0.1) is 12.8 Å². The number of hydrogen-bond donors (Lipinski definition) is 1. The van der Waals surface area contributed by atoms with Gasteiger partial charge in [-0.2, -0.15) is 0 Å². The van der Waals surface area contributed by atoms with Crippen molar-refractivity contribution in [2.45, 2.75) is 20.8 Å². The van der Waals surface area contributed by atoms with Crippen LogP contribution in [0.2, 0.25) is 0 Å². The summed E-state index contributed by atoms with van der Waals surface area (Å²) in [6.45, 7) is 10.7. The third-order valence-electron chi connectivity index (χ3n) is 3.67. The first-order valence-corrected chi connectivity index (χ1v) is 7.28. The van der Waals surface area contributed by atoms with Crippen molar-refractivity contribution in [1.82, 2.24) is 9.80 Å². The number of aromatic hydroxyl groups is 1. The quantitative estimate of drug-likeness (QED) is 0.919. The molecule has 0 saturated carbocycles. The summed E-state index contributed by atoms with van der Waals surface area (Å²) in [5.41, 5.74) is 1.37. The van der Waals surface area contributed by atoms with Gasteiger partial charge >= 0.3 is 0 Å². The van der Waals surface area contributed by atoms with Gasteiger partial charge in [-0.1, -0.05) is 19.9 Å². The van der Waals surface area contributed by atoms with Crippen molar-refractivity contribution in [2.24, 2.45) is 5.92 Å². The zero-order valence-corrected chi connectivity index (χ0v) is 12.6.